The number of carbonyl (C=O) groups is 2. The van der Waals surface area contributed by atoms with Crippen LogP contribution in [0.3, 0.4) is 0 Å². The number of ether oxygens (including phenoxy) is 2. The Labute approximate surface area is 238 Å². The van der Waals surface area contributed by atoms with Gasteiger partial charge >= 0.3 is 6.09 Å². The Bertz CT molecular complexity index is 1310. The first-order chi connectivity index (χ1) is 19.4. The van der Waals surface area contributed by atoms with Gasteiger partial charge in [-0.25, -0.2) is 4.79 Å². The quantitative estimate of drug-likeness (QED) is 0.420. The summed E-state index contributed by atoms with van der Waals surface area (Å²) in [6.45, 7) is 3.05. The molecule has 2 aliphatic heterocycles. The van der Waals surface area contributed by atoms with Gasteiger partial charge in [0.25, 0.3) is 5.91 Å². The molecule has 5 rings (SSSR count). The number of fused-ring (bicyclic) bond motifs is 2. The SMILES string of the molecule is CCOC(=O)N1CCC2=C(NC3C=CC(Cl)=CC23)[C@@H]1c1ccc(OCCC(O)CNC(=O)c2cccnc2)cc1. The van der Waals surface area contributed by atoms with Gasteiger partial charge in [0.2, 0.25) is 0 Å². The number of hydrogen-bond donors (Lipinski definition) is 3. The van der Waals surface area contributed by atoms with Gasteiger partial charge in [-0.15, -0.1) is 0 Å². The smallest absolute Gasteiger partial charge is 0.410 e. The van der Waals surface area contributed by atoms with Gasteiger partial charge in [-0.3, -0.25) is 14.7 Å². The minimum Gasteiger partial charge on any atom is -0.493 e. The summed E-state index contributed by atoms with van der Waals surface area (Å²) in [5.41, 5.74) is 3.67. The third-order valence-electron chi connectivity index (χ3n) is 7.31. The van der Waals surface area contributed by atoms with Crippen molar-refractivity contribution >= 4 is 23.6 Å². The summed E-state index contributed by atoms with van der Waals surface area (Å²) in [5, 5.41) is 17.3. The van der Waals surface area contributed by atoms with Gasteiger partial charge in [0.05, 0.1) is 30.9 Å². The van der Waals surface area contributed by atoms with Gasteiger partial charge in [-0.05, 0) is 54.8 Å². The number of carbonyl (C=O) groups excluding carboxylic acids is 2. The van der Waals surface area contributed by atoms with Crippen LogP contribution >= 0.6 is 11.6 Å². The lowest BCUT2D eigenvalue weighted by atomic mass is 9.85. The molecule has 1 aromatic heterocycles. The van der Waals surface area contributed by atoms with E-state index in [0.29, 0.717) is 30.9 Å². The molecule has 1 aliphatic carbocycles. The molecule has 40 heavy (non-hydrogen) atoms. The van der Waals surface area contributed by atoms with Gasteiger partial charge < -0.3 is 25.2 Å². The first-order valence-corrected chi connectivity index (χ1v) is 13.9. The highest BCUT2D eigenvalue weighted by Gasteiger charge is 2.43. The number of benzene rings is 1. The van der Waals surface area contributed by atoms with E-state index in [0.717, 1.165) is 22.7 Å². The van der Waals surface area contributed by atoms with Crippen LogP contribution in [0.5, 0.6) is 5.75 Å². The number of hydrogen-bond acceptors (Lipinski definition) is 7. The Kier molecular flexibility index (Phi) is 8.72. The molecule has 0 saturated carbocycles. The van der Waals surface area contributed by atoms with Gasteiger partial charge in [-0.1, -0.05) is 35.9 Å². The predicted molar refractivity (Wildman–Crippen MR) is 151 cm³/mol. The number of amides is 2. The van der Waals surface area contributed by atoms with Crippen molar-refractivity contribution in [3.8, 4) is 5.75 Å². The Morgan fingerprint density at radius 2 is 2.10 bits per heavy atom. The molecule has 0 saturated heterocycles. The fraction of sp³-hybridized carbons (Fsp3) is 0.367. The first-order valence-electron chi connectivity index (χ1n) is 13.5. The first kappa shape index (κ1) is 27.7. The van der Waals surface area contributed by atoms with Crippen molar-refractivity contribution in [2.45, 2.75) is 38.0 Å². The molecule has 4 atom stereocenters. The molecule has 1 aromatic carbocycles. The average molecular weight is 565 g/mol. The second-order valence-corrected chi connectivity index (χ2v) is 10.3. The number of rotatable bonds is 9. The maximum Gasteiger partial charge on any atom is 0.410 e. The molecule has 10 heteroatoms. The monoisotopic (exact) mass is 564 g/mol. The molecule has 0 radical (unpaired) electrons. The van der Waals surface area contributed by atoms with Crippen molar-refractivity contribution in [2.24, 2.45) is 5.92 Å². The fourth-order valence-electron chi connectivity index (χ4n) is 5.36. The Balaban J connectivity index is 1.21. The highest BCUT2D eigenvalue weighted by atomic mass is 35.5. The van der Waals surface area contributed by atoms with Gasteiger partial charge in [0, 0.05) is 48.6 Å². The number of nitrogens with zero attached hydrogens (tertiary/aromatic N) is 2. The number of aliphatic hydroxyl groups is 1. The summed E-state index contributed by atoms with van der Waals surface area (Å²) in [6.07, 6.45) is 9.14. The molecule has 0 fully saturated rings. The normalized spacial score (nSPS) is 22.0. The second-order valence-electron chi connectivity index (χ2n) is 9.90. The molecular formula is C30H33ClN4O5. The Hall–Kier alpha value is -3.82. The van der Waals surface area contributed by atoms with Crippen molar-refractivity contribution in [3.63, 3.8) is 0 Å². The van der Waals surface area contributed by atoms with Gasteiger partial charge in [0.15, 0.2) is 0 Å². The van der Waals surface area contributed by atoms with Gasteiger partial charge in [0.1, 0.15) is 11.8 Å². The van der Waals surface area contributed by atoms with Crippen LogP contribution < -0.4 is 15.4 Å². The van der Waals surface area contributed by atoms with E-state index in [9.17, 15) is 14.7 Å². The summed E-state index contributed by atoms with van der Waals surface area (Å²) >= 11 is 6.31. The predicted octanol–water partition coefficient (Wildman–Crippen LogP) is 4.08. The zero-order valence-electron chi connectivity index (χ0n) is 22.3. The molecule has 2 aromatic rings. The minimum atomic E-state index is -0.751. The van der Waals surface area contributed by atoms with Crippen molar-refractivity contribution < 1.29 is 24.2 Å². The van der Waals surface area contributed by atoms with E-state index < -0.39 is 6.10 Å². The average Bonchev–Trinajstić information content (AvgIpc) is 3.34. The van der Waals surface area contributed by atoms with E-state index in [-0.39, 0.29) is 43.2 Å². The lowest BCUT2D eigenvalue weighted by Gasteiger charge is -2.37. The van der Waals surface area contributed by atoms with E-state index >= 15 is 0 Å². The second kappa shape index (κ2) is 12.6. The number of nitrogens with one attached hydrogen (secondary N) is 2. The van der Waals surface area contributed by atoms with Crippen LogP contribution in [0.25, 0.3) is 0 Å². The number of halogens is 1. The zero-order valence-corrected chi connectivity index (χ0v) is 23.0. The van der Waals surface area contributed by atoms with Crippen molar-refractivity contribution in [2.75, 3.05) is 26.3 Å². The van der Waals surface area contributed by atoms with Crippen LogP contribution in [0.1, 0.15) is 41.7 Å². The van der Waals surface area contributed by atoms with Crippen LogP contribution in [-0.4, -0.2) is 65.4 Å². The molecule has 9 nitrogen and oxygen atoms in total. The largest absolute Gasteiger partial charge is 0.493 e. The highest BCUT2D eigenvalue weighted by Crippen LogP contribution is 2.45. The van der Waals surface area contributed by atoms with Crippen LogP contribution in [0.2, 0.25) is 0 Å². The molecule has 0 bridgehead atoms. The highest BCUT2D eigenvalue weighted by molar-refractivity contribution is 6.31. The summed E-state index contributed by atoms with van der Waals surface area (Å²) in [4.78, 5) is 30.7. The maximum absolute atomic E-state index is 12.9. The summed E-state index contributed by atoms with van der Waals surface area (Å²) in [7, 11) is 0. The number of allylic oxidation sites excluding steroid dienone is 2. The molecule has 3 N–H and O–H groups in total. The number of aromatic nitrogens is 1. The van der Waals surface area contributed by atoms with Crippen molar-refractivity contribution in [1.29, 1.82) is 0 Å². The summed E-state index contributed by atoms with van der Waals surface area (Å²) < 4.78 is 11.2. The van der Waals surface area contributed by atoms with E-state index in [2.05, 4.69) is 27.8 Å². The summed E-state index contributed by atoms with van der Waals surface area (Å²) in [6, 6.07) is 10.8. The van der Waals surface area contributed by atoms with Crippen LogP contribution in [0, 0.1) is 5.92 Å². The lowest BCUT2D eigenvalue weighted by Crippen LogP contribution is -2.42. The van der Waals surface area contributed by atoms with Crippen LogP contribution in [0.4, 0.5) is 4.79 Å². The molecule has 2 amide bonds. The molecular weight excluding hydrogens is 532 g/mol. The van der Waals surface area contributed by atoms with E-state index in [4.69, 9.17) is 21.1 Å². The molecule has 210 valence electrons. The van der Waals surface area contributed by atoms with E-state index in [1.807, 2.05) is 30.3 Å². The minimum absolute atomic E-state index is 0.111. The standard InChI is InChI=1S/C30H33ClN4O5/c1-2-39-30(38)35-14-11-24-25-16-21(31)7-10-26(25)34-27(24)28(35)19-5-8-23(9-6-19)40-15-12-22(36)18-33-29(37)20-4-3-13-32-17-20/h3-10,13,16-17,22,25-26,28,34,36H,2,11-12,14-15,18H2,1H3,(H,33,37)/t22?,25?,26?,28-/m0/s1. The fourth-order valence-corrected chi connectivity index (χ4v) is 5.56. The third kappa shape index (κ3) is 6.16. The van der Waals surface area contributed by atoms with Crippen molar-refractivity contribution in [3.05, 3.63) is 94.4 Å². The zero-order chi connectivity index (χ0) is 28.1. The topological polar surface area (TPSA) is 113 Å². The Morgan fingerprint density at radius 3 is 2.85 bits per heavy atom. The molecule has 3 aliphatic rings. The molecule has 0 spiro atoms. The maximum atomic E-state index is 12.9. The van der Waals surface area contributed by atoms with Crippen molar-refractivity contribution in [1.82, 2.24) is 20.5 Å². The third-order valence-corrected chi connectivity index (χ3v) is 7.56. The summed E-state index contributed by atoms with van der Waals surface area (Å²) in [5.74, 6) is 0.531. The molecule has 3 unspecified atom stereocenters. The van der Waals surface area contributed by atoms with E-state index in [1.54, 1.807) is 30.2 Å². The van der Waals surface area contributed by atoms with E-state index in [1.165, 1.54) is 11.8 Å². The Morgan fingerprint density at radius 1 is 1.27 bits per heavy atom. The number of pyridine rings is 1. The van der Waals surface area contributed by atoms with Crippen LogP contribution in [-0.2, 0) is 4.74 Å². The van der Waals surface area contributed by atoms with Gasteiger partial charge in [-0.2, -0.15) is 0 Å². The lowest BCUT2D eigenvalue weighted by molar-refractivity contribution is 0.0893. The number of aliphatic hydroxyl groups excluding tert-OH is 1. The van der Waals surface area contributed by atoms with Crippen LogP contribution in [0.15, 0.2) is 83.3 Å². The molecule has 3 heterocycles.